The van der Waals surface area contributed by atoms with E-state index in [4.69, 9.17) is 4.74 Å². The van der Waals surface area contributed by atoms with Gasteiger partial charge in [0, 0.05) is 15.6 Å². The van der Waals surface area contributed by atoms with Crippen LogP contribution in [-0.2, 0) is 14.8 Å². The maximum absolute atomic E-state index is 13.3. The Balaban J connectivity index is 2.04. The van der Waals surface area contributed by atoms with Crippen LogP contribution in [0.5, 0.6) is 0 Å². The largest absolute Gasteiger partial charge is 0.459 e. The first-order chi connectivity index (χ1) is 13.3. The second kappa shape index (κ2) is 7.49. The predicted octanol–water partition coefficient (Wildman–Crippen LogP) is 2.83. The van der Waals surface area contributed by atoms with Crippen molar-refractivity contribution < 1.29 is 41.3 Å². The Hall–Kier alpha value is -1.76. The predicted molar refractivity (Wildman–Crippen MR) is 98.4 cm³/mol. The number of carbonyl (C=O) groups is 1. The second-order valence-electron chi connectivity index (χ2n) is 6.57. The molecule has 1 aromatic rings. The molecule has 1 aliphatic carbocycles. The van der Waals surface area contributed by atoms with Gasteiger partial charge in [-0.05, 0) is 37.8 Å². The first kappa shape index (κ1) is 21.9. The van der Waals surface area contributed by atoms with Crippen molar-refractivity contribution in [1.82, 2.24) is 0 Å². The molecule has 3 rings (SSSR count). The van der Waals surface area contributed by atoms with E-state index in [2.05, 4.69) is 20.3 Å². The zero-order valence-corrected chi connectivity index (χ0v) is 17.0. The third-order valence-electron chi connectivity index (χ3n) is 4.57. The lowest BCUT2D eigenvalue weighted by atomic mass is 9.97. The van der Waals surface area contributed by atoms with E-state index < -0.39 is 39.8 Å². The highest BCUT2D eigenvalue weighted by Crippen LogP contribution is 2.39. The molecule has 1 heterocycles. The zero-order valence-electron chi connectivity index (χ0n) is 14.6. The second-order valence-corrected chi connectivity index (χ2v) is 9.11. The fourth-order valence-corrected chi connectivity index (χ4v) is 4.69. The molecular weight excluding hydrogens is 483 g/mol. The Labute approximate surface area is 172 Å². The number of hydrogen-bond donors (Lipinski definition) is 2. The van der Waals surface area contributed by atoms with Crippen LogP contribution in [0.4, 0.5) is 13.2 Å². The lowest BCUT2D eigenvalue weighted by Gasteiger charge is -2.32. The van der Waals surface area contributed by atoms with Crippen molar-refractivity contribution >= 4 is 37.6 Å². The van der Waals surface area contributed by atoms with Gasteiger partial charge in [0.05, 0.1) is 4.91 Å². The highest BCUT2D eigenvalue weighted by Gasteiger charge is 2.62. The van der Waals surface area contributed by atoms with Crippen molar-refractivity contribution in [3.63, 3.8) is 0 Å². The monoisotopic (exact) mass is 497 g/mol. The summed E-state index contributed by atoms with van der Waals surface area (Å²) in [6.07, 6.45) is -7.14. The number of allylic oxidation sites excluding steroid dienone is 1. The van der Waals surface area contributed by atoms with Gasteiger partial charge in [-0.15, -0.1) is 4.40 Å². The van der Waals surface area contributed by atoms with E-state index in [0.29, 0.717) is 17.3 Å². The fraction of sp³-hybridized carbons (Fsp3) is 0.412. The molecule has 2 N–H and O–H groups in total. The molecule has 0 fully saturated rings. The standard InChI is InChI=1S/C17H15BrF3NO6S/c18-10-7-5-9(6-8-10)13(23)14(16(24,25)17(19,20)21)28-15-11-3-1-2-4-12(11)29(26,27)22-15/h5-8,14,24-25H,1-4H2. The maximum Gasteiger partial charge on any atom is 0.447 e. The first-order valence-corrected chi connectivity index (χ1v) is 10.6. The molecule has 29 heavy (non-hydrogen) atoms. The lowest BCUT2D eigenvalue weighted by molar-refractivity contribution is -0.367. The van der Waals surface area contributed by atoms with Crippen molar-refractivity contribution in [2.24, 2.45) is 4.40 Å². The number of ketones is 1. The Morgan fingerprint density at radius 1 is 1.14 bits per heavy atom. The van der Waals surface area contributed by atoms with Crippen molar-refractivity contribution in [3.05, 3.63) is 44.8 Å². The van der Waals surface area contributed by atoms with Gasteiger partial charge < -0.3 is 14.9 Å². The summed E-state index contributed by atoms with van der Waals surface area (Å²) in [7, 11) is -4.14. The molecular formula is C17H15BrF3NO6S. The number of Topliss-reactive ketones (excluding diaryl/α,β-unsaturated/α-hetero) is 1. The number of carbonyl (C=O) groups excluding carboxylic acids is 1. The Morgan fingerprint density at radius 3 is 2.31 bits per heavy atom. The van der Waals surface area contributed by atoms with E-state index in [0.717, 1.165) is 12.1 Å². The number of benzene rings is 1. The minimum absolute atomic E-state index is 0.0582. The smallest absolute Gasteiger partial charge is 0.447 e. The molecule has 0 saturated carbocycles. The van der Waals surface area contributed by atoms with Gasteiger partial charge in [-0.1, -0.05) is 28.1 Å². The Bertz CT molecular complexity index is 999. The van der Waals surface area contributed by atoms with Crippen LogP contribution in [0.3, 0.4) is 0 Å². The van der Waals surface area contributed by atoms with Crippen LogP contribution < -0.4 is 0 Å². The van der Waals surface area contributed by atoms with Crippen LogP contribution in [0.15, 0.2) is 43.6 Å². The van der Waals surface area contributed by atoms with Crippen molar-refractivity contribution in [3.8, 4) is 0 Å². The van der Waals surface area contributed by atoms with Crippen LogP contribution in [0.1, 0.15) is 36.0 Å². The summed E-state index contributed by atoms with van der Waals surface area (Å²) in [4.78, 5) is 12.6. The number of nitrogens with zero attached hydrogens (tertiary/aromatic N) is 1. The number of alkyl halides is 3. The number of halogens is 4. The molecule has 0 saturated heterocycles. The summed E-state index contributed by atoms with van der Waals surface area (Å²) in [6.45, 7) is 0. The average molecular weight is 498 g/mol. The van der Waals surface area contributed by atoms with Gasteiger partial charge in [0.15, 0.2) is 0 Å². The molecule has 0 aromatic heterocycles. The highest BCUT2D eigenvalue weighted by atomic mass is 79.9. The SMILES string of the molecule is O=C(c1ccc(Br)cc1)C(OC1=NS(=O)(=O)C2=C1CCCC2)C(O)(O)C(F)(F)F. The van der Waals surface area contributed by atoms with E-state index >= 15 is 0 Å². The average Bonchev–Trinajstić information content (AvgIpc) is 2.89. The third kappa shape index (κ3) is 4.11. The summed E-state index contributed by atoms with van der Waals surface area (Å²) >= 11 is 3.11. The van der Waals surface area contributed by atoms with E-state index in [1.54, 1.807) is 0 Å². The van der Waals surface area contributed by atoms with Gasteiger partial charge in [0.1, 0.15) is 0 Å². The van der Waals surface area contributed by atoms with Crippen LogP contribution in [-0.4, -0.2) is 48.4 Å². The van der Waals surface area contributed by atoms with E-state index in [-0.39, 0.29) is 28.9 Å². The highest BCUT2D eigenvalue weighted by molar-refractivity contribution is 9.10. The van der Waals surface area contributed by atoms with Crippen LogP contribution in [0.2, 0.25) is 0 Å². The van der Waals surface area contributed by atoms with Crippen molar-refractivity contribution in [1.29, 1.82) is 0 Å². The molecule has 12 heteroatoms. The molecule has 1 atom stereocenters. The fourth-order valence-electron chi connectivity index (χ4n) is 3.04. The molecule has 0 bridgehead atoms. The molecule has 0 radical (unpaired) electrons. The quantitative estimate of drug-likeness (QED) is 0.488. The van der Waals surface area contributed by atoms with Gasteiger partial charge in [0.25, 0.3) is 10.0 Å². The number of hydrogen-bond acceptors (Lipinski definition) is 6. The first-order valence-electron chi connectivity index (χ1n) is 8.40. The topological polar surface area (TPSA) is 113 Å². The molecule has 158 valence electrons. The van der Waals surface area contributed by atoms with Crippen molar-refractivity contribution in [2.45, 2.75) is 43.8 Å². The lowest BCUT2D eigenvalue weighted by Crippen LogP contribution is -2.59. The Kier molecular flexibility index (Phi) is 5.67. The molecule has 0 amide bonds. The molecule has 2 aliphatic rings. The minimum atomic E-state index is -5.66. The van der Waals surface area contributed by atoms with E-state index in [9.17, 15) is 36.6 Å². The van der Waals surface area contributed by atoms with Gasteiger partial charge in [-0.2, -0.15) is 21.6 Å². The van der Waals surface area contributed by atoms with Crippen LogP contribution in [0, 0.1) is 0 Å². The van der Waals surface area contributed by atoms with E-state index in [1.165, 1.54) is 12.1 Å². The number of rotatable bonds is 4. The summed E-state index contributed by atoms with van der Waals surface area (Å²) in [6, 6.07) is 5.06. The molecule has 7 nitrogen and oxygen atoms in total. The molecule has 0 spiro atoms. The number of ether oxygens (including phenoxy) is 1. The normalized spacial score (nSPS) is 20.1. The van der Waals surface area contributed by atoms with Crippen molar-refractivity contribution in [2.75, 3.05) is 0 Å². The summed E-state index contributed by atoms with van der Waals surface area (Å²) < 4.78 is 73.0. The van der Waals surface area contributed by atoms with Crippen LogP contribution in [0.25, 0.3) is 0 Å². The van der Waals surface area contributed by atoms with E-state index in [1.807, 2.05) is 0 Å². The molecule has 1 aromatic carbocycles. The number of sulfonamides is 1. The summed E-state index contributed by atoms with van der Waals surface area (Å²) in [5, 5.41) is 19.5. The minimum Gasteiger partial charge on any atom is -0.459 e. The van der Waals surface area contributed by atoms with Gasteiger partial charge >= 0.3 is 12.0 Å². The molecule has 1 aliphatic heterocycles. The zero-order chi connectivity index (χ0) is 21.6. The number of aliphatic hydroxyl groups is 2. The third-order valence-corrected chi connectivity index (χ3v) is 6.58. The van der Waals surface area contributed by atoms with Crippen LogP contribution >= 0.6 is 15.9 Å². The van der Waals surface area contributed by atoms with Gasteiger partial charge in [-0.25, -0.2) is 0 Å². The van der Waals surface area contributed by atoms with Gasteiger partial charge in [-0.3, -0.25) is 4.79 Å². The van der Waals surface area contributed by atoms with Gasteiger partial charge in [0.2, 0.25) is 17.8 Å². The molecule has 1 unspecified atom stereocenters. The summed E-state index contributed by atoms with van der Waals surface area (Å²) in [5.74, 6) is -6.70. The Morgan fingerprint density at radius 2 is 1.72 bits per heavy atom. The maximum atomic E-state index is 13.3. The summed E-state index contributed by atoms with van der Waals surface area (Å²) in [5.41, 5.74) is -0.239.